The lowest BCUT2D eigenvalue weighted by Gasteiger charge is -2.39. The molecule has 0 bridgehead atoms. The zero-order valence-corrected chi connectivity index (χ0v) is 10.4. The number of pyridine rings is 1. The zero-order chi connectivity index (χ0) is 12.5. The summed E-state index contributed by atoms with van der Waals surface area (Å²) in [4.78, 5) is 16.5. The summed E-state index contributed by atoms with van der Waals surface area (Å²) < 4.78 is 0. The van der Waals surface area contributed by atoms with Gasteiger partial charge < -0.3 is 11.1 Å². The Hall–Kier alpha value is -1.42. The van der Waals surface area contributed by atoms with Crippen LogP contribution in [0.5, 0.6) is 0 Å². The number of hydrogen-bond acceptors (Lipinski definition) is 3. The second-order valence-corrected chi connectivity index (χ2v) is 4.88. The molecule has 17 heavy (non-hydrogen) atoms. The molecule has 92 valence electrons. The van der Waals surface area contributed by atoms with Crippen LogP contribution in [0.1, 0.15) is 30.7 Å². The van der Waals surface area contributed by atoms with Crippen LogP contribution in [0.3, 0.4) is 0 Å². The number of aryl methyl sites for hydroxylation is 2. The highest BCUT2D eigenvalue weighted by Gasteiger charge is 2.42. The maximum atomic E-state index is 12.2. The van der Waals surface area contributed by atoms with E-state index in [-0.39, 0.29) is 11.3 Å². The Morgan fingerprint density at radius 2 is 2.18 bits per heavy atom. The van der Waals surface area contributed by atoms with Crippen molar-refractivity contribution in [2.24, 2.45) is 11.1 Å². The van der Waals surface area contributed by atoms with Gasteiger partial charge in [-0.1, -0.05) is 6.42 Å². The molecule has 0 aliphatic heterocycles. The normalized spacial score (nSPS) is 17.4. The molecule has 0 radical (unpaired) electrons. The van der Waals surface area contributed by atoms with Gasteiger partial charge in [0.15, 0.2) is 0 Å². The van der Waals surface area contributed by atoms with E-state index < -0.39 is 0 Å². The van der Waals surface area contributed by atoms with E-state index in [1.165, 1.54) is 0 Å². The fourth-order valence-corrected chi connectivity index (χ4v) is 2.20. The van der Waals surface area contributed by atoms with Crippen molar-refractivity contribution in [3.8, 4) is 0 Å². The number of hydrogen-bond donors (Lipinski definition) is 2. The monoisotopic (exact) mass is 233 g/mol. The quantitative estimate of drug-likeness (QED) is 0.836. The highest BCUT2D eigenvalue weighted by molar-refractivity contribution is 5.96. The molecule has 1 heterocycles. The average Bonchev–Trinajstić information content (AvgIpc) is 2.21. The smallest absolute Gasteiger partial charge is 0.231 e. The van der Waals surface area contributed by atoms with Crippen molar-refractivity contribution in [2.75, 3.05) is 11.9 Å². The van der Waals surface area contributed by atoms with Gasteiger partial charge >= 0.3 is 0 Å². The van der Waals surface area contributed by atoms with Gasteiger partial charge in [-0.05, 0) is 38.8 Å². The van der Waals surface area contributed by atoms with Crippen LogP contribution in [-0.2, 0) is 4.79 Å². The lowest BCUT2D eigenvalue weighted by molar-refractivity contribution is -0.129. The molecule has 1 aromatic rings. The van der Waals surface area contributed by atoms with Crippen LogP contribution in [0.4, 0.5) is 5.69 Å². The zero-order valence-electron chi connectivity index (χ0n) is 10.4. The molecule has 1 aliphatic rings. The molecule has 0 atom stereocenters. The summed E-state index contributed by atoms with van der Waals surface area (Å²) in [6, 6.07) is 3.80. The minimum atomic E-state index is -0.336. The summed E-state index contributed by atoms with van der Waals surface area (Å²) in [5, 5.41) is 2.95. The number of aromatic nitrogens is 1. The van der Waals surface area contributed by atoms with Crippen LogP contribution in [-0.4, -0.2) is 17.4 Å². The minimum absolute atomic E-state index is 0.0417. The van der Waals surface area contributed by atoms with Gasteiger partial charge in [0.1, 0.15) is 0 Å². The molecule has 3 N–H and O–H groups in total. The molecular formula is C13H19N3O. The number of carbonyl (C=O) groups is 1. The predicted molar refractivity (Wildman–Crippen MR) is 67.7 cm³/mol. The Bertz CT molecular complexity index is 433. The SMILES string of the molecule is Cc1ccc(NC(=O)C2(CN)CCC2)c(C)n1. The second kappa shape index (κ2) is 4.45. The van der Waals surface area contributed by atoms with Crippen molar-refractivity contribution in [3.05, 3.63) is 23.5 Å². The fourth-order valence-electron chi connectivity index (χ4n) is 2.20. The number of nitrogens with one attached hydrogen (secondary N) is 1. The van der Waals surface area contributed by atoms with Gasteiger partial charge in [-0.3, -0.25) is 9.78 Å². The molecule has 0 spiro atoms. The third kappa shape index (κ3) is 2.17. The van der Waals surface area contributed by atoms with Gasteiger partial charge in [-0.25, -0.2) is 0 Å². The van der Waals surface area contributed by atoms with Crippen LogP contribution in [0, 0.1) is 19.3 Å². The lowest BCUT2D eigenvalue weighted by atomic mass is 9.68. The van der Waals surface area contributed by atoms with Gasteiger partial charge in [-0.2, -0.15) is 0 Å². The molecule has 0 aromatic carbocycles. The first kappa shape index (κ1) is 12.0. The number of carbonyl (C=O) groups excluding carboxylic acids is 1. The van der Waals surface area contributed by atoms with Gasteiger partial charge in [0.2, 0.25) is 5.91 Å². The maximum absolute atomic E-state index is 12.2. The highest BCUT2D eigenvalue weighted by Crippen LogP contribution is 2.40. The maximum Gasteiger partial charge on any atom is 0.231 e. The summed E-state index contributed by atoms with van der Waals surface area (Å²) >= 11 is 0. The van der Waals surface area contributed by atoms with Crippen molar-refractivity contribution in [1.82, 2.24) is 4.98 Å². The topological polar surface area (TPSA) is 68.0 Å². The van der Waals surface area contributed by atoms with Crippen LogP contribution in [0.2, 0.25) is 0 Å². The van der Waals surface area contributed by atoms with Crippen molar-refractivity contribution in [2.45, 2.75) is 33.1 Å². The van der Waals surface area contributed by atoms with Crippen LogP contribution in [0.25, 0.3) is 0 Å². The van der Waals surface area contributed by atoms with Crippen LogP contribution in [0.15, 0.2) is 12.1 Å². The summed E-state index contributed by atoms with van der Waals surface area (Å²) in [6.07, 6.45) is 2.89. The van der Waals surface area contributed by atoms with Crippen molar-refractivity contribution in [3.63, 3.8) is 0 Å². The van der Waals surface area contributed by atoms with E-state index in [0.29, 0.717) is 6.54 Å². The number of amides is 1. The van der Waals surface area contributed by atoms with Crippen LogP contribution < -0.4 is 11.1 Å². The number of rotatable bonds is 3. The Morgan fingerprint density at radius 3 is 2.65 bits per heavy atom. The minimum Gasteiger partial charge on any atom is -0.329 e. The van der Waals surface area contributed by atoms with E-state index in [1.807, 2.05) is 26.0 Å². The van der Waals surface area contributed by atoms with E-state index >= 15 is 0 Å². The average molecular weight is 233 g/mol. The Balaban J connectivity index is 2.13. The standard InChI is InChI=1S/C13H19N3O/c1-9-4-5-11(10(2)15-9)16-12(17)13(8-14)6-3-7-13/h4-5H,3,6-8,14H2,1-2H3,(H,16,17). The molecule has 4 nitrogen and oxygen atoms in total. The van der Waals surface area contributed by atoms with E-state index in [0.717, 1.165) is 36.3 Å². The number of nitrogens with zero attached hydrogens (tertiary/aromatic N) is 1. The molecule has 0 saturated heterocycles. The first-order valence-corrected chi connectivity index (χ1v) is 6.03. The molecule has 2 rings (SSSR count). The molecule has 1 aromatic heterocycles. The molecule has 1 fully saturated rings. The number of anilines is 1. The summed E-state index contributed by atoms with van der Waals surface area (Å²) in [5.74, 6) is 0.0417. The van der Waals surface area contributed by atoms with Crippen molar-refractivity contribution < 1.29 is 4.79 Å². The molecular weight excluding hydrogens is 214 g/mol. The Labute approximate surface area is 102 Å². The molecule has 0 unspecified atom stereocenters. The second-order valence-electron chi connectivity index (χ2n) is 4.88. The fraction of sp³-hybridized carbons (Fsp3) is 0.538. The van der Waals surface area contributed by atoms with E-state index in [2.05, 4.69) is 10.3 Å². The third-order valence-corrected chi connectivity index (χ3v) is 3.66. The highest BCUT2D eigenvalue weighted by atomic mass is 16.2. The van der Waals surface area contributed by atoms with Gasteiger partial charge in [0.25, 0.3) is 0 Å². The van der Waals surface area contributed by atoms with Gasteiger partial charge in [-0.15, -0.1) is 0 Å². The van der Waals surface area contributed by atoms with Crippen LogP contribution >= 0.6 is 0 Å². The lowest BCUT2D eigenvalue weighted by Crippen LogP contribution is -2.47. The molecule has 1 aliphatic carbocycles. The predicted octanol–water partition coefficient (Wildman–Crippen LogP) is 1.77. The number of nitrogens with two attached hydrogens (primary N) is 1. The van der Waals surface area contributed by atoms with E-state index in [1.54, 1.807) is 0 Å². The van der Waals surface area contributed by atoms with Gasteiger partial charge in [0.05, 0.1) is 16.8 Å². The molecule has 1 saturated carbocycles. The molecule has 4 heteroatoms. The molecule has 1 amide bonds. The Kier molecular flexibility index (Phi) is 3.15. The summed E-state index contributed by atoms with van der Waals surface area (Å²) in [6.45, 7) is 4.27. The van der Waals surface area contributed by atoms with Crippen molar-refractivity contribution in [1.29, 1.82) is 0 Å². The van der Waals surface area contributed by atoms with Crippen molar-refractivity contribution >= 4 is 11.6 Å². The Morgan fingerprint density at radius 1 is 1.47 bits per heavy atom. The third-order valence-electron chi connectivity index (χ3n) is 3.66. The van der Waals surface area contributed by atoms with E-state index in [9.17, 15) is 4.79 Å². The summed E-state index contributed by atoms with van der Waals surface area (Å²) in [7, 11) is 0. The van der Waals surface area contributed by atoms with E-state index in [4.69, 9.17) is 5.73 Å². The summed E-state index contributed by atoms with van der Waals surface area (Å²) in [5.41, 5.74) is 7.97. The first-order chi connectivity index (χ1) is 8.07. The largest absolute Gasteiger partial charge is 0.329 e. The first-order valence-electron chi connectivity index (χ1n) is 6.03. The van der Waals surface area contributed by atoms with Gasteiger partial charge in [0, 0.05) is 12.2 Å².